The third-order valence-electron chi connectivity index (χ3n) is 1.43. The first-order valence-electron chi connectivity index (χ1n) is 3.63. The van der Waals surface area contributed by atoms with Crippen LogP contribution in [0.15, 0.2) is 17.1 Å². The summed E-state index contributed by atoms with van der Waals surface area (Å²) in [7, 11) is 0. The minimum Gasteiger partial charge on any atom is -0.289 e. The van der Waals surface area contributed by atoms with Crippen LogP contribution in [0.3, 0.4) is 0 Å². The smallest absolute Gasteiger partial charge is 0.0427 e. The lowest BCUT2D eigenvalue weighted by atomic mass is 10.1. The molecule has 50 valence electrons. The standard InChI is InChI=1S/C8H13N/c1-2-5-8-6-3-4-7-9-8/h3,6H,2,4-5,7H2,1H3. The molecule has 0 aromatic heterocycles. The Labute approximate surface area is 56.5 Å². The molecule has 1 rings (SSSR count). The van der Waals surface area contributed by atoms with Gasteiger partial charge in [0, 0.05) is 12.3 Å². The monoisotopic (exact) mass is 123 g/mol. The summed E-state index contributed by atoms with van der Waals surface area (Å²) in [6.45, 7) is 3.19. The van der Waals surface area contributed by atoms with Gasteiger partial charge in [0.05, 0.1) is 0 Å². The first-order valence-corrected chi connectivity index (χ1v) is 3.63. The molecule has 0 aliphatic carbocycles. The van der Waals surface area contributed by atoms with E-state index in [2.05, 4.69) is 24.1 Å². The minimum absolute atomic E-state index is 1.01. The first kappa shape index (κ1) is 6.53. The van der Waals surface area contributed by atoms with Crippen LogP contribution in [-0.2, 0) is 0 Å². The van der Waals surface area contributed by atoms with E-state index in [1.54, 1.807) is 0 Å². The molecule has 0 unspecified atom stereocenters. The van der Waals surface area contributed by atoms with E-state index in [0.29, 0.717) is 0 Å². The maximum Gasteiger partial charge on any atom is 0.0427 e. The van der Waals surface area contributed by atoms with Gasteiger partial charge in [0.15, 0.2) is 0 Å². The van der Waals surface area contributed by atoms with E-state index < -0.39 is 0 Å². The second kappa shape index (κ2) is 3.44. The summed E-state index contributed by atoms with van der Waals surface area (Å²) in [4.78, 5) is 4.35. The van der Waals surface area contributed by atoms with Gasteiger partial charge in [0.1, 0.15) is 0 Å². The maximum atomic E-state index is 4.35. The highest BCUT2D eigenvalue weighted by Gasteiger charge is 1.94. The van der Waals surface area contributed by atoms with Crippen LogP contribution in [0.2, 0.25) is 0 Å². The van der Waals surface area contributed by atoms with Crippen LogP contribution in [0.25, 0.3) is 0 Å². The molecular formula is C8H13N. The van der Waals surface area contributed by atoms with E-state index in [0.717, 1.165) is 19.4 Å². The Bertz CT molecular complexity index is 134. The molecule has 0 aromatic carbocycles. The Morgan fingerprint density at radius 3 is 3.11 bits per heavy atom. The summed E-state index contributed by atoms with van der Waals surface area (Å²) in [5.41, 5.74) is 1.28. The normalized spacial score (nSPS) is 17.7. The molecule has 0 fully saturated rings. The Balaban J connectivity index is 2.38. The summed E-state index contributed by atoms with van der Waals surface area (Å²) >= 11 is 0. The van der Waals surface area contributed by atoms with E-state index in [-0.39, 0.29) is 0 Å². The lowest BCUT2D eigenvalue weighted by molar-refractivity contribution is 0.940. The first-order chi connectivity index (χ1) is 4.43. The van der Waals surface area contributed by atoms with Gasteiger partial charge in [0.25, 0.3) is 0 Å². The van der Waals surface area contributed by atoms with Gasteiger partial charge in [-0.2, -0.15) is 0 Å². The average Bonchev–Trinajstić information content (AvgIpc) is 1.91. The van der Waals surface area contributed by atoms with Gasteiger partial charge in [0.2, 0.25) is 0 Å². The quantitative estimate of drug-likeness (QED) is 0.533. The number of rotatable bonds is 2. The summed E-state index contributed by atoms with van der Waals surface area (Å²) in [5.74, 6) is 0. The molecule has 0 aromatic rings. The third-order valence-corrected chi connectivity index (χ3v) is 1.43. The van der Waals surface area contributed by atoms with E-state index >= 15 is 0 Å². The number of aliphatic imine (C=N–C) groups is 1. The fourth-order valence-electron chi connectivity index (χ4n) is 0.973. The Morgan fingerprint density at radius 2 is 2.56 bits per heavy atom. The van der Waals surface area contributed by atoms with E-state index in [4.69, 9.17) is 0 Å². The van der Waals surface area contributed by atoms with Crippen LogP contribution >= 0.6 is 0 Å². The molecule has 0 amide bonds. The van der Waals surface area contributed by atoms with Crippen molar-refractivity contribution >= 4 is 5.71 Å². The van der Waals surface area contributed by atoms with Gasteiger partial charge in [-0.25, -0.2) is 0 Å². The van der Waals surface area contributed by atoms with Crippen molar-refractivity contribution in [1.82, 2.24) is 0 Å². The fourth-order valence-corrected chi connectivity index (χ4v) is 0.973. The molecule has 0 bridgehead atoms. The third kappa shape index (κ3) is 2.00. The Kier molecular flexibility index (Phi) is 2.49. The summed E-state index contributed by atoms with van der Waals surface area (Å²) < 4.78 is 0. The van der Waals surface area contributed by atoms with Crippen LogP contribution in [0.5, 0.6) is 0 Å². The van der Waals surface area contributed by atoms with Gasteiger partial charge < -0.3 is 0 Å². The highest BCUT2D eigenvalue weighted by molar-refractivity contribution is 5.95. The molecule has 0 N–H and O–H groups in total. The van der Waals surface area contributed by atoms with Gasteiger partial charge in [-0.1, -0.05) is 19.4 Å². The number of hydrogen-bond acceptors (Lipinski definition) is 1. The molecule has 1 nitrogen and oxygen atoms in total. The van der Waals surface area contributed by atoms with Crippen LogP contribution in [0.4, 0.5) is 0 Å². The Hall–Kier alpha value is -0.590. The fraction of sp³-hybridized carbons (Fsp3) is 0.625. The van der Waals surface area contributed by atoms with E-state index in [9.17, 15) is 0 Å². The van der Waals surface area contributed by atoms with E-state index in [1.165, 1.54) is 12.1 Å². The van der Waals surface area contributed by atoms with Crippen LogP contribution < -0.4 is 0 Å². The molecule has 1 aliphatic heterocycles. The molecule has 0 spiro atoms. The summed E-state index contributed by atoms with van der Waals surface area (Å²) in [6.07, 6.45) is 7.85. The molecule has 1 aliphatic rings. The van der Waals surface area contributed by atoms with Crippen molar-refractivity contribution < 1.29 is 0 Å². The SMILES string of the molecule is CCCC1=NCCC=C1. The van der Waals surface area contributed by atoms with Crippen molar-refractivity contribution in [3.63, 3.8) is 0 Å². The molecule has 1 heteroatoms. The predicted octanol–water partition coefficient (Wildman–Crippen LogP) is 2.19. The number of hydrogen-bond donors (Lipinski definition) is 0. The van der Waals surface area contributed by atoms with E-state index in [1.807, 2.05) is 0 Å². The summed E-state index contributed by atoms with van der Waals surface area (Å²) in [6, 6.07) is 0. The largest absolute Gasteiger partial charge is 0.289 e. The highest BCUT2D eigenvalue weighted by atomic mass is 14.7. The minimum atomic E-state index is 1.01. The van der Waals surface area contributed by atoms with Gasteiger partial charge in [-0.3, -0.25) is 4.99 Å². The van der Waals surface area contributed by atoms with Crippen molar-refractivity contribution in [3.8, 4) is 0 Å². The Morgan fingerprint density at radius 1 is 1.67 bits per heavy atom. The zero-order valence-corrected chi connectivity index (χ0v) is 5.93. The molecular weight excluding hydrogens is 110 g/mol. The van der Waals surface area contributed by atoms with Crippen LogP contribution in [0, 0.1) is 0 Å². The van der Waals surface area contributed by atoms with Crippen molar-refractivity contribution in [2.24, 2.45) is 4.99 Å². The lowest BCUT2D eigenvalue weighted by Gasteiger charge is -2.02. The molecule has 0 radical (unpaired) electrons. The molecule has 0 atom stereocenters. The number of nitrogens with zero attached hydrogens (tertiary/aromatic N) is 1. The van der Waals surface area contributed by atoms with Crippen molar-refractivity contribution in [3.05, 3.63) is 12.2 Å². The maximum absolute atomic E-state index is 4.35. The number of allylic oxidation sites excluding steroid dienone is 1. The molecule has 1 heterocycles. The highest BCUT2D eigenvalue weighted by Crippen LogP contribution is 2.01. The van der Waals surface area contributed by atoms with Gasteiger partial charge in [-0.05, 0) is 18.9 Å². The van der Waals surface area contributed by atoms with Crippen molar-refractivity contribution in [1.29, 1.82) is 0 Å². The zero-order chi connectivity index (χ0) is 6.53. The second-order valence-electron chi connectivity index (χ2n) is 2.31. The molecule has 0 saturated heterocycles. The summed E-state index contributed by atoms with van der Waals surface area (Å²) in [5, 5.41) is 0. The molecule has 0 saturated carbocycles. The van der Waals surface area contributed by atoms with Crippen LogP contribution in [0.1, 0.15) is 26.2 Å². The van der Waals surface area contributed by atoms with Crippen molar-refractivity contribution in [2.75, 3.05) is 6.54 Å². The lowest BCUT2D eigenvalue weighted by Crippen LogP contribution is -1.98. The number of dihydropyridines is 1. The topological polar surface area (TPSA) is 12.4 Å². The molecule has 9 heavy (non-hydrogen) atoms. The second-order valence-corrected chi connectivity index (χ2v) is 2.31. The zero-order valence-electron chi connectivity index (χ0n) is 5.93. The predicted molar refractivity (Wildman–Crippen MR) is 41.0 cm³/mol. The van der Waals surface area contributed by atoms with Crippen molar-refractivity contribution in [2.45, 2.75) is 26.2 Å². The van der Waals surface area contributed by atoms with Gasteiger partial charge >= 0.3 is 0 Å². The van der Waals surface area contributed by atoms with Crippen LogP contribution in [-0.4, -0.2) is 12.3 Å². The van der Waals surface area contributed by atoms with Gasteiger partial charge in [-0.15, -0.1) is 0 Å². The average molecular weight is 123 g/mol.